The second kappa shape index (κ2) is 3.93. The van der Waals surface area contributed by atoms with Crippen molar-refractivity contribution in [3.05, 3.63) is 60.4 Å². The first-order valence-corrected chi connectivity index (χ1v) is 5.36. The highest BCUT2D eigenvalue weighted by atomic mass is 15.2. The Hall–Kier alpha value is -1.50. The lowest BCUT2D eigenvalue weighted by Crippen LogP contribution is -2.26. The summed E-state index contributed by atoms with van der Waals surface area (Å²) in [4.78, 5) is 2.33. The quantitative estimate of drug-likeness (QED) is 0.627. The summed E-state index contributed by atoms with van der Waals surface area (Å²) in [7, 11) is 2.15. The van der Waals surface area contributed by atoms with E-state index in [0.29, 0.717) is 12.0 Å². The number of hydrogen-bond donors (Lipinski definition) is 0. The number of hydrogen-bond acceptors (Lipinski definition) is 1. The molecule has 0 aromatic carbocycles. The fourth-order valence-corrected chi connectivity index (χ4v) is 2.48. The van der Waals surface area contributed by atoms with Gasteiger partial charge in [-0.05, 0) is 12.5 Å². The van der Waals surface area contributed by atoms with E-state index in [1.807, 2.05) is 6.08 Å². The van der Waals surface area contributed by atoms with E-state index >= 15 is 0 Å². The summed E-state index contributed by atoms with van der Waals surface area (Å²) in [6.45, 7) is 5.88. The Bertz CT molecular complexity index is 382. The Morgan fingerprint density at radius 3 is 2.73 bits per heavy atom. The first-order valence-electron chi connectivity index (χ1n) is 5.36. The molecule has 78 valence electrons. The zero-order valence-electron chi connectivity index (χ0n) is 9.35. The molecule has 0 bridgehead atoms. The van der Waals surface area contributed by atoms with E-state index in [4.69, 9.17) is 0 Å². The van der Waals surface area contributed by atoms with Gasteiger partial charge < -0.3 is 4.90 Å². The minimum Gasteiger partial charge on any atom is -0.367 e. The highest BCUT2D eigenvalue weighted by Crippen LogP contribution is 2.39. The molecule has 1 saturated heterocycles. The van der Waals surface area contributed by atoms with E-state index in [1.165, 1.54) is 11.3 Å². The summed E-state index contributed by atoms with van der Waals surface area (Å²) < 4.78 is 0. The Morgan fingerprint density at radius 2 is 2.07 bits per heavy atom. The van der Waals surface area contributed by atoms with Gasteiger partial charge >= 0.3 is 0 Å². The predicted molar refractivity (Wildman–Crippen MR) is 65.4 cm³/mol. The van der Waals surface area contributed by atoms with E-state index in [9.17, 15) is 0 Å². The number of likely N-dealkylation sites (tertiary alicyclic amines) is 1. The van der Waals surface area contributed by atoms with Gasteiger partial charge in [0.2, 0.25) is 0 Å². The molecule has 0 amide bonds. The summed E-state index contributed by atoms with van der Waals surface area (Å²) in [5.74, 6) is 0.490. The molecule has 1 heteroatoms. The van der Waals surface area contributed by atoms with Crippen molar-refractivity contribution in [2.45, 2.75) is 13.0 Å². The van der Waals surface area contributed by atoms with Crippen LogP contribution in [0.4, 0.5) is 0 Å². The second-order valence-corrected chi connectivity index (χ2v) is 3.93. The lowest BCUT2D eigenvalue weighted by molar-refractivity contribution is 0.377. The fraction of sp³-hybridized carbons (Fsp3) is 0.286. The number of nitrogens with zero attached hydrogens (tertiary/aromatic N) is 1. The molecule has 1 aliphatic carbocycles. The molecule has 1 aliphatic heterocycles. The molecule has 2 atom stereocenters. The van der Waals surface area contributed by atoms with Gasteiger partial charge in [-0.2, -0.15) is 0 Å². The van der Waals surface area contributed by atoms with Gasteiger partial charge in [0.1, 0.15) is 0 Å². The van der Waals surface area contributed by atoms with Crippen LogP contribution >= 0.6 is 0 Å². The van der Waals surface area contributed by atoms with Gasteiger partial charge in [-0.25, -0.2) is 0 Å². The van der Waals surface area contributed by atoms with Gasteiger partial charge in [-0.3, -0.25) is 0 Å². The topological polar surface area (TPSA) is 3.24 Å². The maximum atomic E-state index is 3.79. The number of rotatable bonds is 1. The zero-order chi connectivity index (χ0) is 10.8. The van der Waals surface area contributed by atoms with Crippen LogP contribution in [0, 0.1) is 5.92 Å². The van der Waals surface area contributed by atoms with Crippen LogP contribution in [0.2, 0.25) is 0 Å². The molecular weight excluding hydrogens is 182 g/mol. The maximum absolute atomic E-state index is 3.79. The molecule has 1 heterocycles. The first-order chi connectivity index (χ1) is 7.29. The number of allylic oxidation sites excluding steroid dienone is 6. The molecule has 0 aromatic heterocycles. The fourth-order valence-electron chi connectivity index (χ4n) is 2.48. The Balaban J connectivity index is 2.46. The van der Waals surface area contributed by atoms with E-state index in [0.717, 1.165) is 0 Å². The Labute approximate surface area is 91.8 Å². The molecule has 2 unspecified atom stereocenters. The minimum absolute atomic E-state index is 0.479. The van der Waals surface area contributed by atoms with Crippen LogP contribution in [0.25, 0.3) is 0 Å². The molecule has 0 aromatic rings. The largest absolute Gasteiger partial charge is 0.367 e. The van der Waals surface area contributed by atoms with Crippen LogP contribution in [0.15, 0.2) is 60.4 Å². The summed E-state index contributed by atoms with van der Waals surface area (Å²) in [5.41, 5.74) is 2.70. The molecule has 0 radical (unpaired) electrons. The zero-order valence-corrected chi connectivity index (χ0v) is 9.35. The lowest BCUT2D eigenvalue weighted by Gasteiger charge is -2.22. The van der Waals surface area contributed by atoms with E-state index in [-0.39, 0.29) is 0 Å². The average molecular weight is 199 g/mol. The van der Waals surface area contributed by atoms with Gasteiger partial charge in [0.15, 0.2) is 0 Å². The highest BCUT2D eigenvalue weighted by Gasteiger charge is 2.35. The molecule has 15 heavy (non-hydrogen) atoms. The van der Waals surface area contributed by atoms with Crippen molar-refractivity contribution in [2.75, 3.05) is 7.05 Å². The average Bonchev–Trinajstić information content (AvgIpc) is 2.54. The summed E-state index contributed by atoms with van der Waals surface area (Å²) >= 11 is 0. The maximum Gasteiger partial charge on any atom is 0.0577 e. The smallest absolute Gasteiger partial charge is 0.0577 e. The van der Waals surface area contributed by atoms with Crippen LogP contribution in [-0.2, 0) is 0 Å². The van der Waals surface area contributed by atoms with Crippen molar-refractivity contribution < 1.29 is 0 Å². The standard InChI is InChI=1S/C14H17N/c1-4-8-11-12-9-6-7-10-14(12)15(3)13(11)5-2/h4-10,12,14H,1H2,2-3H3/b11-8?,13-5+. The summed E-state index contributed by atoms with van der Waals surface area (Å²) in [5, 5.41) is 0. The van der Waals surface area contributed by atoms with Crippen LogP contribution in [0.3, 0.4) is 0 Å². The van der Waals surface area contributed by atoms with Gasteiger partial charge in [-0.1, -0.05) is 49.1 Å². The number of fused-ring (bicyclic) bond motifs is 1. The predicted octanol–water partition coefficient (Wildman–Crippen LogP) is 3.06. The SMILES string of the molecule is C=CC=C1/C(=C\C)N(C)C2C=CC=CC12. The van der Waals surface area contributed by atoms with E-state index in [2.05, 4.69) is 61.9 Å². The number of likely N-dealkylation sites (N-methyl/N-ethyl adjacent to an activating group) is 1. The van der Waals surface area contributed by atoms with Crippen LogP contribution in [-0.4, -0.2) is 18.0 Å². The molecule has 0 saturated carbocycles. The molecule has 1 fully saturated rings. The first kappa shape index (κ1) is 10.0. The molecule has 0 N–H and O–H groups in total. The molecule has 2 aliphatic rings. The summed E-state index contributed by atoms with van der Waals surface area (Å²) in [6.07, 6.45) is 15.0. The van der Waals surface area contributed by atoms with Gasteiger partial charge in [0, 0.05) is 18.7 Å². The molecule has 2 rings (SSSR count). The minimum atomic E-state index is 0.479. The lowest BCUT2D eigenvalue weighted by atomic mass is 9.91. The van der Waals surface area contributed by atoms with E-state index in [1.54, 1.807) is 0 Å². The monoisotopic (exact) mass is 199 g/mol. The normalized spacial score (nSPS) is 33.9. The third kappa shape index (κ3) is 1.48. The molecule has 1 nitrogen and oxygen atoms in total. The molecule has 0 spiro atoms. The van der Waals surface area contributed by atoms with Crippen LogP contribution < -0.4 is 0 Å². The van der Waals surface area contributed by atoms with Crippen LogP contribution in [0.1, 0.15) is 6.92 Å². The van der Waals surface area contributed by atoms with Crippen molar-refractivity contribution in [3.63, 3.8) is 0 Å². The Kier molecular flexibility index (Phi) is 2.63. The third-order valence-corrected chi connectivity index (χ3v) is 3.16. The van der Waals surface area contributed by atoms with Crippen molar-refractivity contribution in [1.29, 1.82) is 0 Å². The summed E-state index contributed by atoms with van der Waals surface area (Å²) in [6, 6.07) is 0.479. The van der Waals surface area contributed by atoms with Crippen molar-refractivity contribution in [3.8, 4) is 0 Å². The van der Waals surface area contributed by atoms with Crippen molar-refractivity contribution in [2.24, 2.45) is 5.92 Å². The second-order valence-electron chi connectivity index (χ2n) is 3.93. The van der Waals surface area contributed by atoms with Crippen molar-refractivity contribution in [1.82, 2.24) is 4.90 Å². The van der Waals surface area contributed by atoms with Gasteiger partial charge in [-0.15, -0.1) is 0 Å². The highest BCUT2D eigenvalue weighted by molar-refractivity contribution is 5.46. The van der Waals surface area contributed by atoms with E-state index < -0.39 is 0 Å². The third-order valence-electron chi connectivity index (χ3n) is 3.16. The van der Waals surface area contributed by atoms with Crippen LogP contribution in [0.5, 0.6) is 0 Å². The molecular formula is C14H17N. The van der Waals surface area contributed by atoms with Gasteiger partial charge in [0.05, 0.1) is 6.04 Å². The Morgan fingerprint density at radius 1 is 1.33 bits per heavy atom. The van der Waals surface area contributed by atoms with Gasteiger partial charge in [0.25, 0.3) is 0 Å². The van der Waals surface area contributed by atoms with Crippen molar-refractivity contribution >= 4 is 0 Å².